The maximum absolute atomic E-state index is 13.9. The van der Waals surface area contributed by atoms with Gasteiger partial charge >= 0.3 is 0 Å². The third-order valence-electron chi connectivity index (χ3n) is 3.77. The Labute approximate surface area is 116 Å². The molecule has 3 unspecified atom stereocenters. The Morgan fingerprint density at radius 2 is 1.84 bits per heavy atom. The molecule has 3 rings (SSSR count). The molecule has 3 atom stereocenters. The molecular formula is C16H14ClFO. The second-order valence-electron chi connectivity index (χ2n) is 5.00. The Hall–Kier alpha value is -1.38. The van der Waals surface area contributed by atoms with E-state index in [1.54, 1.807) is 12.1 Å². The van der Waals surface area contributed by atoms with Crippen molar-refractivity contribution in [1.29, 1.82) is 0 Å². The molecule has 1 fully saturated rings. The molecule has 0 aliphatic heterocycles. The molecule has 2 aromatic carbocycles. The Kier molecular flexibility index (Phi) is 3.29. The van der Waals surface area contributed by atoms with Crippen LogP contribution in [-0.4, -0.2) is 5.11 Å². The normalized spacial score (nSPS) is 23.1. The van der Waals surface area contributed by atoms with Gasteiger partial charge in [-0.05, 0) is 29.9 Å². The van der Waals surface area contributed by atoms with Crippen LogP contribution in [0.3, 0.4) is 0 Å². The van der Waals surface area contributed by atoms with Gasteiger partial charge in [-0.2, -0.15) is 0 Å². The molecule has 0 spiro atoms. The molecule has 0 radical (unpaired) electrons. The molecule has 1 aliphatic rings. The summed E-state index contributed by atoms with van der Waals surface area (Å²) in [6.07, 6.45) is 0.0980. The predicted molar refractivity (Wildman–Crippen MR) is 73.7 cm³/mol. The van der Waals surface area contributed by atoms with Gasteiger partial charge in [0.1, 0.15) is 5.82 Å². The molecule has 0 heterocycles. The summed E-state index contributed by atoms with van der Waals surface area (Å²) in [6.45, 7) is 0. The molecule has 1 aliphatic carbocycles. The first kappa shape index (κ1) is 12.6. The topological polar surface area (TPSA) is 20.2 Å². The SMILES string of the molecule is OC(c1cccc(Cl)c1F)C1CC1c1ccccc1. The lowest BCUT2D eigenvalue weighted by Crippen LogP contribution is -2.04. The fraction of sp³-hybridized carbons (Fsp3) is 0.250. The third-order valence-corrected chi connectivity index (χ3v) is 4.07. The van der Waals surface area contributed by atoms with Crippen LogP contribution in [0.5, 0.6) is 0 Å². The summed E-state index contributed by atoms with van der Waals surface area (Å²) < 4.78 is 13.9. The van der Waals surface area contributed by atoms with Crippen molar-refractivity contribution in [1.82, 2.24) is 0 Å². The second-order valence-corrected chi connectivity index (χ2v) is 5.41. The lowest BCUT2D eigenvalue weighted by atomic mass is 10.0. The molecule has 1 N–H and O–H groups in total. The van der Waals surface area contributed by atoms with Gasteiger partial charge in [0.05, 0.1) is 11.1 Å². The highest BCUT2D eigenvalue weighted by molar-refractivity contribution is 6.30. The van der Waals surface area contributed by atoms with E-state index in [9.17, 15) is 9.50 Å². The smallest absolute Gasteiger partial charge is 0.147 e. The third kappa shape index (κ3) is 2.38. The zero-order valence-electron chi connectivity index (χ0n) is 10.3. The monoisotopic (exact) mass is 276 g/mol. The minimum atomic E-state index is -0.788. The summed E-state index contributed by atoms with van der Waals surface area (Å²) in [7, 11) is 0. The summed E-state index contributed by atoms with van der Waals surface area (Å²) in [4.78, 5) is 0. The van der Waals surface area contributed by atoms with Crippen molar-refractivity contribution in [3.63, 3.8) is 0 Å². The Morgan fingerprint density at radius 3 is 2.58 bits per heavy atom. The van der Waals surface area contributed by atoms with Gasteiger partial charge in [-0.15, -0.1) is 0 Å². The molecule has 19 heavy (non-hydrogen) atoms. The first-order chi connectivity index (χ1) is 9.18. The molecule has 1 nitrogen and oxygen atoms in total. The number of benzene rings is 2. The van der Waals surface area contributed by atoms with E-state index in [0.717, 1.165) is 6.42 Å². The Bertz CT molecular complexity index is 585. The van der Waals surface area contributed by atoms with Crippen molar-refractivity contribution in [3.8, 4) is 0 Å². The zero-order valence-corrected chi connectivity index (χ0v) is 11.0. The summed E-state index contributed by atoms with van der Waals surface area (Å²) in [5.41, 5.74) is 1.50. The van der Waals surface area contributed by atoms with E-state index in [1.165, 1.54) is 11.6 Å². The van der Waals surface area contributed by atoms with E-state index in [0.29, 0.717) is 11.5 Å². The first-order valence-corrected chi connectivity index (χ1v) is 6.73. The highest BCUT2D eigenvalue weighted by atomic mass is 35.5. The number of halogens is 2. The fourth-order valence-electron chi connectivity index (χ4n) is 2.63. The van der Waals surface area contributed by atoms with Crippen LogP contribution >= 0.6 is 11.6 Å². The van der Waals surface area contributed by atoms with Gasteiger partial charge in [0.2, 0.25) is 0 Å². The zero-order chi connectivity index (χ0) is 13.4. The number of hydrogen-bond acceptors (Lipinski definition) is 1. The van der Waals surface area contributed by atoms with Crippen molar-refractivity contribution in [2.75, 3.05) is 0 Å². The van der Waals surface area contributed by atoms with E-state index >= 15 is 0 Å². The number of aliphatic hydroxyl groups excluding tert-OH is 1. The van der Waals surface area contributed by atoms with Gasteiger partial charge in [-0.3, -0.25) is 0 Å². The lowest BCUT2D eigenvalue weighted by Gasteiger charge is -2.12. The Balaban J connectivity index is 1.80. The van der Waals surface area contributed by atoms with Crippen LogP contribution in [0, 0.1) is 11.7 Å². The van der Waals surface area contributed by atoms with Crippen LogP contribution in [0.25, 0.3) is 0 Å². The summed E-state index contributed by atoms with van der Waals surface area (Å²) in [6, 6.07) is 14.8. The van der Waals surface area contributed by atoms with Gasteiger partial charge < -0.3 is 5.11 Å². The Morgan fingerprint density at radius 1 is 1.11 bits per heavy atom. The van der Waals surface area contributed by atoms with Crippen molar-refractivity contribution in [2.45, 2.75) is 18.4 Å². The number of hydrogen-bond donors (Lipinski definition) is 1. The van der Waals surface area contributed by atoms with E-state index in [2.05, 4.69) is 0 Å². The standard InChI is InChI=1S/C16H14ClFO/c17-14-8-4-7-11(15(14)18)16(19)13-9-12(13)10-5-2-1-3-6-10/h1-8,12-13,16,19H,9H2. The molecule has 0 saturated heterocycles. The average molecular weight is 277 g/mol. The van der Waals surface area contributed by atoms with Gasteiger partial charge in [0, 0.05) is 5.56 Å². The largest absolute Gasteiger partial charge is 0.388 e. The van der Waals surface area contributed by atoms with Gasteiger partial charge in [-0.25, -0.2) is 4.39 Å². The maximum atomic E-state index is 13.9. The second kappa shape index (κ2) is 4.95. The maximum Gasteiger partial charge on any atom is 0.147 e. The lowest BCUT2D eigenvalue weighted by molar-refractivity contribution is 0.147. The minimum Gasteiger partial charge on any atom is -0.388 e. The molecule has 2 aromatic rings. The van der Waals surface area contributed by atoms with Crippen molar-refractivity contribution in [3.05, 3.63) is 70.5 Å². The molecule has 0 bridgehead atoms. The summed E-state index contributed by atoms with van der Waals surface area (Å²) in [5.74, 6) is -0.111. The first-order valence-electron chi connectivity index (χ1n) is 6.35. The van der Waals surface area contributed by atoms with Crippen LogP contribution in [0.1, 0.15) is 29.6 Å². The highest BCUT2D eigenvalue weighted by Gasteiger charge is 2.44. The molecule has 98 valence electrons. The quantitative estimate of drug-likeness (QED) is 0.885. The number of rotatable bonds is 3. The van der Waals surface area contributed by atoms with E-state index in [4.69, 9.17) is 11.6 Å². The van der Waals surface area contributed by atoms with Gasteiger partial charge in [0.25, 0.3) is 0 Å². The molecule has 1 saturated carbocycles. The van der Waals surface area contributed by atoms with E-state index < -0.39 is 11.9 Å². The summed E-state index contributed by atoms with van der Waals surface area (Å²) in [5, 5.41) is 10.4. The van der Waals surface area contributed by atoms with Gasteiger partial charge in [-0.1, -0.05) is 54.1 Å². The van der Waals surface area contributed by atoms with Crippen LogP contribution in [0.15, 0.2) is 48.5 Å². The molecule has 0 amide bonds. The fourth-order valence-corrected chi connectivity index (χ4v) is 2.81. The molecule has 3 heteroatoms. The molecular weight excluding hydrogens is 263 g/mol. The van der Waals surface area contributed by atoms with Crippen LogP contribution < -0.4 is 0 Å². The van der Waals surface area contributed by atoms with Crippen LogP contribution in [0.4, 0.5) is 4.39 Å². The predicted octanol–water partition coefficient (Wildman–Crippen LogP) is 4.32. The average Bonchev–Trinajstić information content (AvgIpc) is 3.22. The van der Waals surface area contributed by atoms with Crippen molar-refractivity contribution in [2.24, 2.45) is 5.92 Å². The molecule has 0 aromatic heterocycles. The van der Waals surface area contributed by atoms with Crippen molar-refractivity contribution >= 4 is 11.6 Å². The van der Waals surface area contributed by atoms with Crippen LogP contribution in [0.2, 0.25) is 5.02 Å². The highest BCUT2D eigenvalue weighted by Crippen LogP contribution is 2.54. The van der Waals surface area contributed by atoms with Crippen LogP contribution in [-0.2, 0) is 0 Å². The minimum absolute atomic E-state index is 0.0634. The van der Waals surface area contributed by atoms with E-state index in [-0.39, 0.29) is 10.9 Å². The van der Waals surface area contributed by atoms with Gasteiger partial charge in [0.15, 0.2) is 0 Å². The van der Waals surface area contributed by atoms with Crippen molar-refractivity contribution < 1.29 is 9.50 Å². The number of aliphatic hydroxyl groups is 1. The summed E-state index contributed by atoms with van der Waals surface area (Å²) >= 11 is 5.75. The van der Waals surface area contributed by atoms with E-state index in [1.807, 2.05) is 30.3 Å².